The minimum Gasteiger partial charge on any atom is -0.494 e. The smallest absolute Gasteiger partial charge is 0.124 e. The van der Waals surface area contributed by atoms with Gasteiger partial charge in [0.25, 0.3) is 0 Å². The second kappa shape index (κ2) is 6.83. The number of ether oxygens (including phenoxy) is 1. The van der Waals surface area contributed by atoms with Crippen LogP contribution in [-0.2, 0) is 0 Å². The third-order valence-corrected chi connectivity index (χ3v) is 3.65. The van der Waals surface area contributed by atoms with Gasteiger partial charge >= 0.3 is 0 Å². The number of hydrogen-bond acceptors (Lipinski definition) is 3. The van der Waals surface area contributed by atoms with E-state index >= 15 is 0 Å². The zero-order chi connectivity index (χ0) is 14.5. The number of nitrogens with one attached hydrogen (secondary N) is 1. The quantitative estimate of drug-likeness (QED) is 0.647. The molecule has 0 aromatic heterocycles. The van der Waals surface area contributed by atoms with E-state index in [0.29, 0.717) is 11.1 Å². The summed E-state index contributed by atoms with van der Waals surface area (Å²) in [6.45, 7) is 2.56. The van der Waals surface area contributed by atoms with Crippen molar-refractivity contribution in [3.05, 3.63) is 63.9 Å². The van der Waals surface area contributed by atoms with E-state index in [2.05, 4.69) is 21.4 Å². The maximum Gasteiger partial charge on any atom is 0.124 e. The van der Waals surface area contributed by atoms with Crippen molar-refractivity contribution >= 4 is 15.9 Å². The lowest BCUT2D eigenvalue weighted by molar-refractivity contribution is 0.340. The van der Waals surface area contributed by atoms with E-state index in [1.165, 1.54) is 12.1 Å². The van der Waals surface area contributed by atoms with E-state index < -0.39 is 0 Å². The maximum absolute atomic E-state index is 13.2. The molecule has 106 valence electrons. The fourth-order valence-corrected chi connectivity index (χ4v) is 2.60. The Morgan fingerprint density at radius 3 is 2.50 bits per heavy atom. The number of hydrogen-bond donors (Lipinski definition) is 2. The summed E-state index contributed by atoms with van der Waals surface area (Å²) >= 11 is 3.36. The van der Waals surface area contributed by atoms with Crippen molar-refractivity contribution in [2.75, 3.05) is 6.61 Å². The Balaban J connectivity index is 2.31. The van der Waals surface area contributed by atoms with Crippen molar-refractivity contribution in [2.45, 2.75) is 13.0 Å². The Morgan fingerprint density at radius 2 is 1.95 bits per heavy atom. The van der Waals surface area contributed by atoms with Gasteiger partial charge in [-0.15, -0.1) is 0 Å². The van der Waals surface area contributed by atoms with Crippen LogP contribution in [0.4, 0.5) is 4.39 Å². The van der Waals surface area contributed by atoms with Crippen LogP contribution in [0.5, 0.6) is 5.75 Å². The van der Waals surface area contributed by atoms with Crippen LogP contribution in [-0.4, -0.2) is 6.61 Å². The van der Waals surface area contributed by atoms with Gasteiger partial charge < -0.3 is 4.74 Å². The first kappa shape index (κ1) is 15.0. The molecular formula is C15H16BrFN2O. The molecular weight excluding hydrogens is 323 g/mol. The van der Waals surface area contributed by atoms with Crippen LogP contribution in [0.15, 0.2) is 46.9 Å². The molecule has 20 heavy (non-hydrogen) atoms. The molecule has 0 radical (unpaired) electrons. The second-order valence-corrected chi connectivity index (χ2v) is 5.12. The lowest BCUT2D eigenvalue weighted by atomic mass is 9.99. The third-order valence-electron chi connectivity index (χ3n) is 2.96. The number of halogens is 2. The van der Waals surface area contributed by atoms with Gasteiger partial charge in [-0.25, -0.2) is 9.82 Å². The van der Waals surface area contributed by atoms with Gasteiger partial charge in [0.05, 0.1) is 12.6 Å². The summed E-state index contributed by atoms with van der Waals surface area (Å²) in [7, 11) is 0. The average Bonchev–Trinajstić information content (AvgIpc) is 2.44. The summed E-state index contributed by atoms with van der Waals surface area (Å²) in [5, 5.41) is 0. The van der Waals surface area contributed by atoms with Gasteiger partial charge in [-0.3, -0.25) is 5.84 Å². The molecule has 3 N–H and O–H groups in total. The summed E-state index contributed by atoms with van der Waals surface area (Å²) in [5.74, 6) is 6.17. The Hall–Kier alpha value is -1.43. The molecule has 3 nitrogen and oxygen atoms in total. The van der Waals surface area contributed by atoms with Gasteiger partial charge in [-0.2, -0.15) is 0 Å². The molecule has 2 aromatic rings. The SMILES string of the molecule is CCOc1ccc(C(NN)c2ccc(F)cc2Br)cc1. The van der Waals surface area contributed by atoms with E-state index in [1.54, 1.807) is 6.07 Å². The van der Waals surface area contributed by atoms with Crippen molar-refractivity contribution in [3.63, 3.8) is 0 Å². The first-order valence-electron chi connectivity index (χ1n) is 6.29. The van der Waals surface area contributed by atoms with Gasteiger partial charge in [0.2, 0.25) is 0 Å². The first-order chi connectivity index (χ1) is 9.65. The normalized spacial score (nSPS) is 12.2. The van der Waals surface area contributed by atoms with Gasteiger partial charge in [0.15, 0.2) is 0 Å². The van der Waals surface area contributed by atoms with Crippen molar-refractivity contribution in [1.82, 2.24) is 5.43 Å². The molecule has 0 amide bonds. The molecule has 0 saturated heterocycles. The summed E-state index contributed by atoms with van der Waals surface area (Å²) in [6, 6.07) is 12.0. The minimum absolute atomic E-state index is 0.222. The van der Waals surface area contributed by atoms with Gasteiger partial charge in [-0.05, 0) is 42.3 Å². The van der Waals surface area contributed by atoms with Crippen LogP contribution in [0.3, 0.4) is 0 Å². The molecule has 2 rings (SSSR count). The highest BCUT2D eigenvalue weighted by Crippen LogP contribution is 2.29. The lowest BCUT2D eigenvalue weighted by Crippen LogP contribution is -2.29. The average molecular weight is 339 g/mol. The predicted molar refractivity (Wildman–Crippen MR) is 80.9 cm³/mol. The highest BCUT2D eigenvalue weighted by atomic mass is 79.9. The fraction of sp³-hybridized carbons (Fsp3) is 0.200. The molecule has 0 saturated carbocycles. The molecule has 0 heterocycles. The predicted octanol–water partition coefficient (Wildman–Crippen LogP) is 3.54. The zero-order valence-corrected chi connectivity index (χ0v) is 12.7. The molecule has 1 atom stereocenters. The molecule has 0 bridgehead atoms. The Bertz CT molecular complexity index is 575. The van der Waals surface area contributed by atoms with Crippen LogP contribution in [0.1, 0.15) is 24.1 Å². The van der Waals surface area contributed by atoms with Gasteiger partial charge in [0, 0.05) is 4.47 Å². The summed E-state index contributed by atoms with van der Waals surface area (Å²) in [4.78, 5) is 0. The Kier molecular flexibility index (Phi) is 5.11. The van der Waals surface area contributed by atoms with Crippen molar-refractivity contribution in [2.24, 2.45) is 5.84 Å². The first-order valence-corrected chi connectivity index (χ1v) is 7.08. The zero-order valence-electron chi connectivity index (χ0n) is 11.1. The molecule has 0 aliphatic heterocycles. The number of rotatable bonds is 5. The van der Waals surface area contributed by atoms with Crippen LogP contribution < -0.4 is 16.0 Å². The van der Waals surface area contributed by atoms with E-state index in [4.69, 9.17) is 10.6 Å². The van der Waals surface area contributed by atoms with Gasteiger partial charge in [0.1, 0.15) is 11.6 Å². The standard InChI is InChI=1S/C15H16BrFN2O/c1-2-20-12-6-3-10(4-7-12)15(19-18)13-8-5-11(17)9-14(13)16/h3-9,15,19H,2,18H2,1H3. The topological polar surface area (TPSA) is 47.3 Å². The third kappa shape index (κ3) is 3.36. The summed E-state index contributed by atoms with van der Waals surface area (Å²) in [6.07, 6.45) is 0. The number of benzene rings is 2. The summed E-state index contributed by atoms with van der Waals surface area (Å²) < 4.78 is 19.2. The maximum atomic E-state index is 13.2. The van der Waals surface area contributed by atoms with Gasteiger partial charge in [-0.1, -0.05) is 34.1 Å². The van der Waals surface area contributed by atoms with Crippen molar-refractivity contribution in [1.29, 1.82) is 0 Å². The van der Waals surface area contributed by atoms with E-state index in [1.807, 2.05) is 31.2 Å². The highest BCUT2D eigenvalue weighted by molar-refractivity contribution is 9.10. The number of nitrogens with two attached hydrogens (primary N) is 1. The molecule has 0 aliphatic carbocycles. The molecule has 0 fully saturated rings. The molecule has 1 unspecified atom stereocenters. The molecule has 2 aromatic carbocycles. The Labute approximate surface area is 126 Å². The fourth-order valence-electron chi connectivity index (χ4n) is 2.02. The van der Waals surface area contributed by atoms with E-state index in [-0.39, 0.29) is 11.9 Å². The minimum atomic E-state index is -0.289. The molecule has 5 heteroatoms. The van der Waals surface area contributed by atoms with Crippen LogP contribution in [0, 0.1) is 5.82 Å². The van der Waals surface area contributed by atoms with Crippen molar-refractivity contribution in [3.8, 4) is 5.75 Å². The Morgan fingerprint density at radius 1 is 1.25 bits per heavy atom. The van der Waals surface area contributed by atoms with Crippen LogP contribution in [0.2, 0.25) is 0 Å². The van der Waals surface area contributed by atoms with E-state index in [9.17, 15) is 4.39 Å². The second-order valence-electron chi connectivity index (χ2n) is 4.27. The van der Waals surface area contributed by atoms with Crippen LogP contribution in [0.25, 0.3) is 0 Å². The molecule has 0 aliphatic rings. The summed E-state index contributed by atoms with van der Waals surface area (Å²) in [5.41, 5.74) is 4.60. The number of hydrazine groups is 1. The van der Waals surface area contributed by atoms with Crippen molar-refractivity contribution < 1.29 is 9.13 Å². The largest absolute Gasteiger partial charge is 0.494 e. The van der Waals surface area contributed by atoms with Crippen LogP contribution >= 0.6 is 15.9 Å². The highest BCUT2D eigenvalue weighted by Gasteiger charge is 2.15. The lowest BCUT2D eigenvalue weighted by Gasteiger charge is -2.18. The monoisotopic (exact) mass is 338 g/mol. The molecule has 0 spiro atoms. The van der Waals surface area contributed by atoms with E-state index in [0.717, 1.165) is 16.9 Å².